The molecule has 0 unspecified atom stereocenters. The zero-order valence-corrected chi connectivity index (χ0v) is 16.7. The largest absolute Gasteiger partial charge is 0.454 e. The summed E-state index contributed by atoms with van der Waals surface area (Å²) < 4.78 is 25.6. The van der Waals surface area contributed by atoms with E-state index in [-0.39, 0.29) is 23.8 Å². The Labute approximate surface area is 171 Å². The lowest BCUT2D eigenvalue weighted by atomic mass is 10.2. The van der Waals surface area contributed by atoms with Crippen molar-refractivity contribution in [2.45, 2.75) is 23.9 Å². The van der Waals surface area contributed by atoms with Gasteiger partial charge in [-0.2, -0.15) is 0 Å². The van der Waals surface area contributed by atoms with Crippen molar-refractivity contribution in [3.05, 3.63) is 53.8 Å². The molecule has 9 heteroatoms. The maximum absolute atomic E-state index is 13.1. The summed E-state index contributed by atoms with van der Waals surface area (Å²) in [7, 11) is 1.82. The minimum absolute atomic E-state index is 0.112. The van der Waals surface area contributed by atoms with Crippen LogP contribution in [0.4, 0.5) is 4.39 Å². The zero-order valence-electron chi connectivity index (χ0n) is 15.9. The van der Waals surface area contributed by atoms with Gasteiger partial charge in [0.1, 0.15) is 5.82 Å². The first kappa shape index (κ1) is 19.3. The van der Waals surface area contributed by atoms with Gasteiger partial charge in [0.25, 0.3) is 0 Å². The van der Waals surface area contributed by atoms with Gasteiger partial charge in [0, 0.05) is 19.2 Å². The van der Waals surface area contributed by atoms with Crippen molar-refractivity contribution in [3.63, 3.8) is 0 Å². The number of halogens is 1. The fourth-order valence-electron chi connectivity index (χ4n) is 2.86. The monoisotopic (exact) mass is 414 g/mol. The van der Waals surface area contributed by atoms with Crippen LogP contribution < -0.4 is 14.8 Å². The third-order valence-electron chi connectivity index (χ3n) is 4.49. The summed E-state index contributed by atoms with van der Waals surface area (Å²) in [6.07, 6.45) is 0. The number of fused-ring (bicyclic) bond motifs is 1. The first-order valence-corrected chi connectivity index (χ1v) is 9.87. The minimum atomic E-state index is -0.368. The van der Waals surface area contributed by atoms with Crippen LogP contribution in [0.2, 0.25) is 0 Å². The summed E-state index contributed by atoms with van der Waals surface area (Å²) in [6.45, 7) is 2.42. The van der Waals surface area contributed by atoms with Crippen molar-refractivity contribution in [1.82, 2.24) is 20.1 Å². The van der Waals surface area contributed by atoms with Crippen LogP contribution in [0.3, 0.4) is 0 Å². The number of amides is 1. The summed E-state index contributed by atoms with van der Waals surface area (Å²) in [6, 6.07) is 11.6. The highest BCUT2D eigenvalue weighted by atomic mass is 32.2. The van der Waals surface area contributed by atoms with Crippen molar-refractivity contribution < 1.29 is 18.7 Å². The molecule has 0 fully saturated rings. The van der Waals surface area contributed by atoms with Gasteiger partial charge in [0.15, 0.2) is 22.5 Å². The Morgan fingerprint density at radius 3 is 2.76 bits per heavy atom. The molecule has 0 radical (unpaired) electrons. The molecule has 29 heavy (non-hydrogen) atoms. The molecule has 7 nitrogen and oxygen atoms in total. The Morgan fingerprint density at radius 2 is 1.97 bits per heavy atom. The van der Waals surface area contributed by atoms with Gasteiger partial charge in [-0.05, 0) is 48.9 Å². The number of rotatable bonds is 6. The molecule has 1 aliphatic rings. The van der Waals surface area contributed by atoms with Crippen molar-refractivity contribution in [3.8, 4) is 22.9 Å². The molecule has 0 aliphatic carbocycles. The molecule has 0 saturated carbocycles. The first-order chi connectivity index (χ1) is 14.0. The maximum Gasteiger partial charge on any atom is 0.233 e. The van der Waals surface area contributed by atoms with E-state index in [1.54, 1.807) is 16.7 Å². The van der Waals surface area contributed by atoms with Crippen LogP contribution in [0, 0.1) is 5.82 Å². The second kappa shape index (κ2) is 8.12. The third-order valence-corrected chi connectivity index (χ3v) is 5.63. The Bertz CT molecular complexity index is 1040. The second-order valence-corrected chi connectivity index (χ2v) is 7.85. The molecular weight excluding hydrogens is 395 g/mol. The lowest BCUT2D eigenvalue weighted by Crippen LogP contribution is -2.30. The van der Waals surface area contributed by atoms with Gasteiger partial charge in [-0.1, -0.05) is 17.8 Å². The smallest absolute Gasteiger partial charge is 0.233 e. The SMILES string of the molecule is C[C@H](Sc1nnc(-c2ccc(F)cc2)n1C)C(=O)NCc1ccc2c(c1)OCO2. The molecule has 1 aliphatic heterocycles. The highest BCUT2D eigenvalue weighted by molar-refractivity contribution is 8.00. The van der Waals surface area contributed by atoms with E-state index in [1.165, 1.54) is 23.9 Å². The van der Waals surface area contributed by atoms with Crippen LogP contribution in [0.5, 0.6) is 11.5 Å². The van der Waals surface area contributed by atoms with E-state index in [0.29, 0.717) is 29.0 Å². The van der Waals surface area contributed by atoms with Gasteiger partial charge in [-0.25, -0.2) is 4.39 Å². The molecule has 3 aromatic rings. The van der Waals surface area contributed by atoms with E-state index < -0.39 is 0 Å². The Morgan fingerprint density at radius 1 is 1.21 bits per heavy atom. The maximum atomic E-state index is 13.1. The minimum Gasteiger partial charge on any atom is -0.454 e. The molecule has 1 N–H and O–H groups in total. The van der Waals surface area contributed by atoms with Crippen LogP contribution in [0.25, 0.3) is 11.4 Å². The molecule has 4 rings (SSSR count). The molecule has 2 aromatic carbocycles. The number of nitrogens with one attached hydrogen (secondary N) is 1. The number of carbonyl (C=O) groups excluding carboxylic acids is 1. The van der Waals surface area contributed by atoms with E-state index in [0.717, 1.165) is 11.1 Å². The van der Waals surface area contributed by atoms with Crippen molar-refractivity contribution in [2.24, 2.45) is 7.05 Å². The number of aromatic nitrogens is 3. The normalized spacial score (nSPS) is 13.3. The van der Waals surface area contributed by atoms with Crippen molar-refractivity contribution in [2.75, 3.05) is 6.79 Å². The standard InChI is InChI=1S/C20H19FN4O3S/c1-12(19(26)22-10-13-3-8-16-17(9-13)28-11-27-16)29-20-24-23-18(25(20)2)14-4-6-15(21)7-5-14/h3-9,12H,10-11H2,1-2H3,(H,22,26)/t12-/m0/s1. The molecule has 1 amide bonds. The Hall–Kier alpha value is -3.07. The fourth-order valence-corrected chi connectivity index (χ4v) is 3.70. The predicted octanol–water partition coefficient (Wildman–Crippen LogP) is 3.15. The quantitative estimate of drug-likeness (QED) is 0.625. The van der Waals surface area contributed by atoms with Gasteiger partial charge in [0.2, 0.25) is 12.7 Å². The first-order valence-electron chi connectivity index (χ1n) is 8.99. The van der Waals surface area contributed by atoms with Gasteiger partial charge in [-0.3, -0.25) is 4.79 Å². The molecule has 1 aromatic heterocycles. The predicted molar refractivity (Wildman–Crippen MR) is 106 cm³/mol. The molecule has 0 saturated heterocycles. The van der Waals surface area contributed by atoms with E-state index in [9.17, 15) is 9.18 Å². The van der Waals surface area contributed by atoms with E-state index in [4.69, 9.17) is 9.47 Å². The summed E-state index contributed by atoms with van der Waals surface area (Å²) in [5, 5.41) is 11.5. The number of hydrogen-bond acceptors (Lipinski definition) is 6. The van der Waals surface area contributed by atoms with E-state index in [1.807, 2.05) is 32.2 Å². The van der Waals surface area contributed by atoms with Gasteiger partial charge < -0.3 is 19.4 Å². The number of carbonyl (C=O) groups is 1. The van der Waals surface area contributed by atoms with Crippen LogP contribution in [-0.2, 0) is 18.4 Å². The Kier molecular flexibility index (Phi) is 5.39. The second-order valence-electron chi connectivity index (χ2n) is 6.54. The topological polar surface area (TPSA) is 78.3 Å². The van der Waals surface area contributed by atoms with Gasteiger partial charge in [0.05, 0.1) is 5.25 Å². The molecule has 2 heterocycles. The van der Waals surface area contributed by atoms with E-state index >= 15 is 0 Å². The summed E-state index contributed by atoms with van der Waals surface area (Å²) in [5.74, 6) is 1.59. The average Bonchev–Trinajstić information content (AvgIpc) is 3.33. The number of nitrogens with zero attached hydrogens (tertiary/aromatic N) is 3. The lowest BCUT2D eigenvalue weighted by Gasteiger charge is -2.12. The van der Waals surface area contributed by atoms with Crippen LogP contribution in [-0.4, -0.2) is 32.7 Å². The fraction of sp³-hybridized carbons (Fsp3) is 0.250. The van der Waals surface area contributed by atoms with Gasteiger partial charge in [-0.15, -0.1) is 10.2 Å². The molecule has 0 bridgehead atoms. The number of hydrogen-bond donors (Lipinski definition) is 1. The summed E-state index contributed by atoms with van der Waals surface area (Å²) in [4.78, 5) is 12.5. The lowest BCUT2D eigenvalue weighted by molar-refractivity contribution is -0.120. The average molecular weight is 414 g/mol. The van der Waals surface area contributed by atoms with E-state index in [2.05, 4.69) is 15.5 Å². The van der Waals surface area contributed by atoms with Crippen molar-refractivity contribution in [1.29, 1.82) is 0 Å². The highest BCUT2D eigenvalue weighted by Gasteiger charge is 2.20. The zero-order chi connectivity index (χ0) is 20.4. The third kappa shape index (κ3) is 4.19. The van der Waals surface area contributed by atoms with Crippen molar-refractivity contribution >= 4 is 17.7 Å². The molecule has 0 spiro atoms. The highest BCUT2D eigenvalue weighted by Crippen LogP contribution is 2.32. The molecular formula is C20H19FN4O3S. The van der Waals surface area contributed by atoms with Crippen LogP contribution >= 0.6 is 11.8 Å². The van der Waals surface area contributed by atoms with Gasteiger partial charge >= 0.3 is 0 Å². The van der Waals surface area contributed by atoms with Crippen LogP contribution in [0.15, 0.2) is 47.6 Å². The molecule has 150 valence electrons. The Balaban J connectivity index is 1.37. The summed E-state index contributed by atoms with van der Waals surface area (Å²) >= 11 is 1.31. The summed E-state index contributed by atoms with van der Waals surface area (Å²) in [5.41, 5.74) is 1.69. The van der Waals surface area contributed by atoms with Crippen LogP contribution in [0.1, 0.15) is 12.5 Å². The molecule has 1 atom stereocenters. The number of ether oxygens (including phenoxy) is 2. The number of benzene rings is 2. The number of thioether (sulfide) groups is 1.